The van der Waals surface area contributed by atoms with Gasteiger partial charge in [-0.15, -0.1) is 0 Å². The first kappa shape index (κ1) is 14.0. The molecule has 2 aromatic rings. The van der Waals surface area contributed by atoms with Gasteiger partial charge in [-0.1, -0.05) is 29.0 Å². The van der Waals surface area contributed by atoms with E-state index in [2.05, 4.69) is 0 Å². The molecule has 0 aliphatic rings. The zero-order valence-electron chi connectivity index (χ0n) is 10.4. The maximum atomic E-state index is 11.9. The summed E-state index contributed by atoms with van der Waals surface area (Å²) >= 11 is 7.11. The van der Waals surface area contributed by atoms with Gasteiger partial charge in [0.1, 0.15) is 6.54 Å². The third kappa shape index (κ3) is 2.97. The predicted octanol–water partition coefficient (Wildman–Crippen LogP) is 2.25. The molecule has 1 aromatic carbocycles. The Labute approximate surface area is 118 Å². The van der Waals surface area contributed by atoms with Crippen molar-refractivity contribution in [3.8, 4) is 0 Å². The maximum absolute atomic E-state index is 11.9. The molecular formula is C12H12ClNO4S. The average molecular weight is 302 g/mol. The molecule has 0 spiro atoms. The lowest BCUT2D eigenvalue weighted by Gasteiger charge is -2.11. The van der Waals surface area contributed by atoms with Gasteiger partial charge in [-0.3, -0.25) is 14.2 Å². The summed E-state index contributed by atoms with van der Waals surface area (Å²) in [4.78, 5) is 23.3. The number of carbonyl (C=O) groups is 1. The fourth-order valence-electron chi connectivity index (χ4n) is 1.62. The van der Waals surface area contributed by atoms with E-state index in [1.807, 2.05) is 0 Å². The summed E-state index contributed by atoms with van der Waals surface area (Å²) in [6.07, 6.45) is -0.649. The Balaban J connectivity index is 2.33. The van der Waals surface area contributed by atoms with E-state index in [4.69, 9.17) is 21.1 Å². The molecule has 102 valence electrons. The number of hydrogen-bond acceptors (Lipinski definition) is 5. The van der Waals surface area contributed by atoms with Crippen LogP contribution < -0.4 is 4.87 Å². The highest BCUT2D eigenvalue weighted by Gasteiger charge is 2.15. The summed E-state index contributed by atoms with van der Waals surface area (Å²) in [5.41, 5.74) is 0.557. The Morgan fingerprint density at radius 3 is 2.95 bits per heavy atom. The Morgan fingerprint density at radius 1 is 1.53 bits per heavy atom. The predicted molar refractivity (Wildman–Crippen MR) is 73.7 cm³/mol. The van der Waals surface area contributed by atoms with E-state index in [1.54, 1.807) is 25.1 Å². The van der Waals surface area contributed by atoms with Crippen LogP contribution in [0.1, 0.15) is 6.92 Å². The zero-order valence-corrected chi connectivity index (χ0v) is 12.0. The van der Waals surface area contributed by atoms with Crippen LogP contribution in [0.5, 0.6) is 0 Å². The zero-order chi connectivity index (χ0) is 14.0. The van der Waals surface area contributed by atoms with Gasteiger partial charge in [-0.2, -0.15) is 0 Å². The quantitative estimate of drug-likeness (QED) is 0.642. The number of rotatable bonds is 4. The largest absolute Gasteiger partial charge is 0.435 e. The third-order valence-corrected chi connectivity index (χ3v) is 3.80. The molecule has 1 unspecified atom stereocenters. The van der Waals surface area contributed by atoms with Gasteiger partial charge in [0.2, 0.25) is 0 Å². The van der Waals surface area contributed by atoms with Crippen molar-refractivity contribution in [1.82, 2.24) is 4.57 Å². The fourth-order valence-corrected chi connectivity index (χ4v) is 2.87. The molecule has 2 rings (SSSR count). The van der Waals surface area contributed by atoms with Crippen molar-refractivity contribution in [1.29, 1.82) is 0 Å². The van der Waals surface area contributed by atoms with Crippen LogP contribution in [0, 0.1) is 0 Å². The fraction of sp³-hybridized carbons (Fsp3) is 0.333. The minimum Gasteiger partial charge on any atom is -0.435 e. The highest BCUT2D eigenvalue weighted by Crippen LogP contribution is 2.25. The minimum absolute atomic E-state index is 0.184. The van der Waals surface area contributed by atoms with Crippen LogP contribution in [0.4, 0.5) is 0 Å². The van der Waals surface area contributed by atoms with Crippen molar-refractivity contribution in [2.75, 3.05) is 7.11 Å². The molecule has 19 heavy (non-hydrogen) atoms. The summed E-state index contributed by atoms with van der Waals surface area (Å²) in [6, 6.07) is 5.22. The van der Waals surface area contributed by atoms with E-state index in [0.29, 0.717) is 10.5 Å². The Hall–Kier alpha value is -1.37. The molecular weight excluding hydrogens is 290 g/mol. The topological polar surface area (TPSA) is 57.5 Å². The second kappa shape index (κ2) is 5.73. The minimum atomic E-state index is -0.649. The number of para-hydroxylation sites is 1. The van der Waals surface area contributed by atoms with E-state index in [0.717, 1.165) is 16.0 Å². The number of esters is 1. The number of thiazole rings is 1. The van der Waals surface area contributed by atoms with E-state index >= 15 is 0 Å². The lowest BCUT2D eigenvalue weighted by atomic mass is 10.3. The number of carbonyl (C=O) groups excluding carboxylic acids is 1. The van der Waals surface area contributed by atoms with E-state index in [-0.39, 0.29) is 11.4 Å². The van der Waals surface area contributed by atoms with Crippen LogP contribution in [0.25, 0.3) is 10.2 Å². The van der Waals surface area contributed by atoms with Crippen LogP contribution in [-0.4, -0.2) is 23.9 Å². The van der Waals surface area contributed by atoms with Gasteiger partial charge in [0.15, 0.2) is 6.29 Å². The van der Waals surface area contributed by atoms with Gasteiger partial charge in [-0.05, 0) is 19.1 Å². The molecule has 0 aliphatic carbocycles. The average Bonchev–Trinajstić information content (AvgIpc) is 2.67. The van der Waals surface area contributed by atoms with E-state index in [9.17, 15) is 9.59 Å². The monoisotopic (exact) mass is 301 g/mol. The second-order valence-corrected chi connectivity index (χ2v) is 5.23. The van der Waals surface area contributed by atoms with Crippen molar-refractivity contribution in [3.63, 3.8) is 0 Å². The number of fused-ring (bicyclic) bond motifs is 1. The highest BCUT2D eigenvalue weighted by atomic mass is 35.5. The van der Waals surface area contributed by atoms with Crippen LogP contribution in [0.2, 0.25) is 5.02 Å². The molecule has 1 heterocycles. The van der Waals surface area contributed by atoms with Gasteiger partial charge in [-0.25, -0.2) is 0 Å². The molecule has 0 fully saturated rings. The second-order valence-electron chi connectivity index (χ2n) is 3.83. The molecule has 0 aliphatic heterocycles. The molecule has 1 atom stereocenters. The first-order chi connectivity index (χ1) is 9.02. The van der Waals surface area contributed by atoms with Crippen molar-refractivity contribution in [2.24, 2.45) is 0 Å². The number of methoxy groups -OCH3 is 1. The van der Waals surface area contributed by atoms with Crippen molar-refractivity contribution < 1.29 is 14.3 Å². The molecule has 1 aromatic heterocycles. The summed E-state index contributed by atoms with van der Waals surface area (Å²) in [7, 11) is 1.43. The van der Waals surface area contributed by atoms with Crippen LogP contribution >= 0.6 is 22.9 Å². The summed E-state index contributed by atoms with van der Waals surface area (Å²) in [5.74, 6) is -0.545. The molecule has 0 saturated heterocycles. The van der Waals surface area contributed by atoms with Crippen LogP contribution in [0.3, 0.4) is 0 Å². The normalized spacial score (nSPS) is 12.6. The van der Waals surface area contributed by atoms with Gasteiger partial charge in [0.25, 0.3) is 0 Å². The molecule has 0 radical (unpaired) electrons. The molecule has 0 bridgehead atoms. The number of aromatic nitrogens is 1. The number of nitrogens with zero attached hydrogens (tertiary/aromatic N) is 1. The molecule has 0 N–H and O–H groups in total. The van der Waals surface area contributed by atoms with Gasteiger partial charge in [0.05, 0.1) is 15.2 Å². The Bertz CT molecular complexity index is 663. The first-order valence-electron chi connectivity index (χ1n) is 5.53. The van der Waals surface area contributed by atoms with Gasteiger partial charge < -0.3 is 9.47 Å². The lowest BCUT2D eigenvalue weighted by molar-refractivity contribution is -0.170. The van der Waals surface area contributed by atoms with Crippen molar-refractivity contribution >= 4 is 39.1 Å². The summed E-state index contributed by atoms with van der Waals surface area (Å²) < 4.78 is 11.8. The van der Waals surface area contributed by atoms with Gasteiger partial charge >= 0.3 is 10.8 Å². The molecule has 5 nitrogen and oxygen atoms in total. The Morgan fingerprint density at radius 2 is 2.26 bits per heavy atom. The van der Waals surface area contributed by atoms with E-state index < -0.39 is 12.3 Å². The van der Waals surface area contributed by atoms with Crippen LogP contribution in [0.15, 0.2) is 23.0 Å². The third-order valence-electron chi connectivity index (χ3n) is 2.55. The maximum Gasteiger partial charge on any atom is 0.328 e. The van der Waals surface area contributed by atoms with Crippen LogP contribution in [-0.2, 0) is 20.8 Å². The highest BCUT2D eigenvalue weighted by molar-refractivity contribution is 7.16. The van der Waals surface area contributed by atoms with Crippen molar-refractivity contribution in [2.45, 2.75) is 19.8 Å². The first-order valence-corrected chi connectivity index (χ1v) is 6.72. The standard InChI is InChI=1S/C12H12ClNO4S/c1-7(17-2)18-10(15)6-14-11-8(13)4-3-5-9(11)19-12(14)16/h3-5,7H,6H2,1-2H3. The Kier molecular flexibility index (Phi) is 4.24. The van der Waals surface area contributed by atoms with Crippen molar-refractivity contribution in [3.05, 3.63) is 32.9 Å². The number of ether oxygens (including phenoxy) is 2. The number of benzene rings is 1. The molecule has 7 heteroatoms. The number of halogens is 1. The van der Waals surface area contributed by atoms with E-state index in [1.165, 1.54) is 11.7 Å². The smallest absolute Gasteiger partial charge is 0.328 e. The lowest BCUT2D eigenvalue weighted by Crippen LogP contribution is -2.24. The SMILES string of the molecule is COC(C)OC(=O)Cn1c(=O)sc2cccc(Cl)c21. The molecule has 0 amide bonds. The van der Waals surface area contributed by atoms with Gasteiger partial charge in [0, 0.05) is 7.11 Å². The summed E-state index contributed by atoms with van der Waals surface area (Å²) in [5, 5.41) is 0.434. The summed E-state index contributed by atoms with van der Waals surface area (Å²) in [6.45, 7) is 1.41. The number of hydrogen-bond donors (Lipinski definition) is 0. The molecule has 0 saturated carbocycles.